The van der Waals surface area contributed by atoms with Crippen LogP contribution in [-0.2, 0) is 21.2 Å². The van der Waals surface area contributed by atoms with Crippen LogP contribution in [0.5, 0.6) is 0 Å². The zero-order chi connectivity index (χ0) is 21.4. The summed E-state index contributed by atoms with van der Waals surface area (Å²) < 4.78 is 32.3. The SMILES string of the molecule is CC(C[Si]1(C)O[SiH](C)O[Si](C)O[Si](C)(CCC2CCC3OC3C2)O1)c1ccccc1. The molecule has 9 heteroatoms. The highest BCUT2D eigenvalue weighted by Gasteiger charge is 2.49. The van der Waals surface area contributed by atoms with Crippen LogP contribution in [0.3, 0.4) is 0 Å². The van der Waals surface area contributed by atoms with Crippen LogP contribution < -0.4 is 0 Å². The van der Waals surface area contributed by atoms with E-state index in [1.807, 2.05) is 0 Å². The van der Waals surface area contributed by atoms with Crippen molar-refractivity contribution in [3.8, 4) is 0 Å². The van der Waals surface area contributed by atoms with Gasteiger partial charge in [-0.1, -0.05) is 37.3 Å². The van der Waals surface area contributed by atoms with E-state index < -0.39 is 35.7 Å². The van der Waals surface area contributed by atoms with Gasteiger partial charge in [0.15, 0.2) is 0 Å². The zero-order valence-electron chi connectivity index (χ0n) is 19.1. The fourth-order valence-corrected chi connectivity index (χ4v) is 22.3. The average molecular weight is 482 g/mol. The van der Waals surface area contributed by atoms with E-state index in [0.717, 1.165) is 18.0 Å². The van der Waals surface area contributed by atoms with E-state index in [2.05, 4.69) is 63.4 Å². The molecule has 2 saturated heterocycles. The van der Waals surface area contributed by atoms with Crippen molar-refractivity contribution >= 4 is 35.7 Å². The van der Waals surface area contributed by atoms with Crippen molar-refractivity contribution in [3.63, 3.8) is 0 Å². The van der Waals surface area contributed by atoms with Crippen molar-refractivity contribution < 1.29 is 21.2 Å². The number of hydrogen-bond acceptors (Lipinski definition) is 5. The molecule has 0 spiro atoms. The first-order chi connectivity index (χ1) is 14.2. The smallest absolute Gasteiger partial charge is 0.362 e. The minimum absolute atomic E-state index is 0.399. The second-order valence-corrected chi connectivity index (χ2v) is 20.8. The minimum atomic E-state index is -2.42. The molecular formula is C21H37O5Si4. The fraction of sp³-hybridized carbons (Fsp3) is 0.714. The van der Waals surface area contributed by atoms with Crippen LogP contribution in [-0.4, -0.2) is 47.9 Å². The van der Waals surface area contributed by atoms with E-state index in [9.17, 15) is 0 Å². The Kier molecular flexibility index (Phi) is 7.23. The lowest BCUT2D eigenvalue weighted by Gasteiger charge is -2.43. The third kappa shape index (κ3) is 6.02. The molecule has 1 saturated carbocycles. The van der Waals surface area contributed by atoms with E-state index in [1.165, 1.54) is 31.2 Å². The van der Waals surface area contributed by atoms with E-state index in [1.54, 1.807) is 0 Å². The quantitative estimate of drug-likeness (QED) is 0.425. The van der Waals surface area contributed by atoms with E-state index >= 15 is 0 Å². The van der Waals surface area contributed by atoms with Gasteiger partial charge in [0.1, 0.15) is 0 Å². The molecule has 4 rings (SSSR count). The molecule has 2 heterocycles. The van der Waals surface area contributed by atoms with Gasteiger partial charge >= 0.3 is 26.4 Å². The van der Waals surface area contributed by atoms with Gasteiger partial charge in [-0.25, -0.2) is 0 Å². The maximum absolute atomic E-state index is 7.01. The van der Waals surface area contributed by atoms with Crippen molar-refractivity contribution in [1.82, 2.24) is 0 Å². The minimum Gasteiger partial charge on any atom is -0.418 e. The molecular weight excluding hydrogens is 445 g/mol. The number of hydrogen-bond donors (Lipinski definition) is 0. The summed E-state index contributed by atoms with van der Waals surface area (Å²) in [5.41, 5.74) is 1.35. The van der Waals surface area contributed by atoms with Gasteiger partial charge in [0.2, 0.25) is 0 Å². The molecule has 1 aromatic carbocycles. The Morgan fingerprint density at radius 2 is 1.90 bits per heavy atom. The topological polar surface area (TPSA) is 49.5 Å². The fourth-order valence-electron chi connectivity index (χ4n) is 5.30. The maximum Gasteiger partial charge on any atom is 0.362 e. The molecule has 2 aliphatic heterocycles. The molecule has 1 aromatic rings. The Morgan fingerprint density at radius 1 is 1.13 bits per heavy atom. The summed E-state index contributed by atoms with van der Waals surface area (Å²) >= 11 is 0. The molecule has 0 N–H and O–H groups in total. The first kappa shape index (κ1) is 23.1. The third-order valence-corrected chi connectivity index (χ3v) is 21.6. The summed E-state index contributed by atoms with van der Waals surface area (Å²) in [4.78, 5) is 0. The van der Waals surface area contributed by atoms with Crippen LogP contribution in [0, 0.1) is 5.92 Å². The Morgan fingerprint density at radius 3 is 2.63 bits per heavy atom. The molecule has 5 nitrogen and oxygen atoms in total. The molecule has 0 amide bonds. The zero-order valence-corrected chi connectivity index (χ0v) is 23.2. The number of rotatable bonds is 6. The molecule has 3 fully saturated rings. The molecule has 167 valence electrons. The van der Waals surface area contributed by atoms with Gasteiger partial charge in [-0.2, -0.15) is 0 Å². The highest BCUT2D eigenvalue weighted by atomic mass is 28.5. The van der Waals surface area contributed by atoms with Crippen LogP contribution in [0.15, 0.2) is 30.3 Å². The van der Waals surface area contributed by atoms with Crippen LogP contribution in [0.4, 0.5) is 0 Å². The van der Waals surface area contributed by atoms with Crippen molar-refractivity contribution in [2.24, 2.45) is 5.92 Å². The predicted molar refractivity (Wildman–Crippen MR) is 127 cm³/mol. The molecule has 3 aliphatic rings. The average Bonchev–Trinajstić information content (AvgIpc) is 3.44. The standard InChI is InChI=1S/C21H37O5Si4/c1-17(19-9-7-6-8-10-19)16-30(5)25-28(3)23-27(2)24-29(4,26-30)14-13-18-11-12-20-21(15-18)22-20/h6-10,17-18,20-21,28H,11-16H2,1-5H3. The number of ether oxygens (including phenoxy) is 1. The van der Waals surface area contributed by atoms with Gasteiger partial charge in [0, 0.05) is 0 Å². The molecule has 7 unspecified atom stereocenters. The highest BCUT2D eigenvalue weighted by molar-refractivity contribution is 6.86. The van der Waals surface area contributed by atoms with Crippen LogP contribution >= 0.6 is 0 Å². The van der Waals surface area contributed by atoms with Gasteiger partial charge in [-0.05, 0) is 81.4 Å². The molecule has 0 aromatic heterocycles. The van der Waals surface area contributed by atoms with Crippen molar-refractivity contribution in [2.45, 2.75) is 89.0 Å². The van der Waals surface area contributed by atoms with Crippen LogP contribution in [0.25, 0.3) is 0 Å². The maximum atomic E-state index is 7.01. The van der Waals surface area contributed by atoms with Gasteiger partial charge in [-0.15, -0.1) is 0 Å². The Bertz CT molecular complexity index is 712. The molecule has 30 heavy (non-hydrogen) atoms. The van der Waals surface area contributed by atoms with E-state index in [4.69, 9.17) is 21.2 Å². The van der Waals surface area contributed by atoms with Gasteiger partial charge < -0.3 is 21.2 Å². The summed E-state index contributed by atoms with van der Waals surface area (Å²) in [5.74, 6) is 1.14. The lowest BCUT2D eigenvalue weighted by Crippen LogP contribution is -2.59. The Labute approximate surface area is 187 Å². The van der Waals surface area contributed by atoms with Gasteiger partial charge in [-0.3, -0.25) is 0 Å². The summed E-state index contributed by atoms with van der Waals surface area (Å²) in [6, 6.07) is 12.7. The largest absolute Gasteiger partial charge is 0.418 e. The number of fused-ring (bicyclic) bond motifs is 1. The van der Waals surface area contributed by atoms with Crippen LogP contribution in [0.2, 0.25) is 38.3 Å². The molecule has 1 aliphatic carbocycles. The Balaban J connectivity index is 1.44. The monoisotopic (exact) mass is 481 g/mol. The van der Waals surface area contributed by atoms with Gasteiger partial charge in [0.05, 0.1) is 12.2 Å². The lowest BCUT2D eigenvalue weighted by atomic mass is 9.88. The summed E-state index contributed by atoms with van der Waals surface area (Å²) in [6.07, 6.45) is 6.01. The first-order valence-electron chi connectivity index (χ1n) is 11.5. The van der Waals surface area contributed by atoms with Crippen molar-refractivity contribution in [2.75, 3.05) is 0 Å². The van der Waals surface area contributed by atoms with Gasteiger partial charge in [0.25, 0.3) is 9.28 Å². The first-order valence-corrected chi connectivity index (χ1v) is 20.5. The molecule has 0 bridgehead atoms. The lowest BCUT2D eigenvalue weighted by molar-refractivity contribution is 0.249. The second kappa shape index (κ2) is 9.40. The van der Waals surface area contributed by atoms with E-state index in [0.29, 0.717) is 18.1 Å². The molecule has 1 radical (unpaired) electrons. The Hall–Kier alpha value is -0.112. The van der Waals surface area contributed by atoms with Crippen LogP contribution in [0.1, 0.15) is 44.1 Å². The normalized spacial score (nSPS) is 40.8. The second-order valence-electron chi connectivity index (χ2n) is 9.71. The highest BCUT2D eigenvalue weighted by Crippen LogP contribution is 2.42. The summed E-state index contributed by atoms with van der Waals surface area (Å²) in [6.45, 7) is 11.0. The van der Waals surface area contributed by atoms with Crippen molar-refractivity contribution in [3.05, 3.63) is 35.9 Å². The number of benzene rings is 1. The predicted octanol–water partition coefficient (Wildman–Crippen LogP) is 4.94. The molecule has 7 atom stereocenters. The van der Waals surface area contributed by atoms with E-state index in [-0.39, 0.29) is 0 Å². The third-order valence-electron chi connectivity index (χ3n) is 6.70. The number of epoxide rings is 1. The summed E-state index contributed by atoms with van der Waals surface area (Å²) in [7, 11) is -7.86. The van der Waals surface area contributed by atoms with Crippen molar-refractivity contribution in [1.29, 1.82) is 0 Å². The summed E-state index contributed by atoms with van der Waals surface area (Å²) in [5, 5.41) is 0.